The van der Waals surface area contributed by atoms with Gasteiger partial charge in [-0.2, -0.15) is 0 Å². The molecule has 0 aromatic rings. The zero-order valence-corrected chi connectivity index (χ0v) is 9.84. The van der Waals surface area contributed by atoms with Gasteiger partial charge in [0.05, 0.1) is 0 Å². The number of carbonyl (C=O) groups is 1. The van der Waals surface area contributed by atoms with Gasteiger partial charge >= 0.3 is 0 Å². The van der Waals surface area contributed by atoms with Crippen molar-refractivity contribution in [3.05, 3.63) is 0 Å². The molecule has 0 saturated heterocycles. The molecular formula is C14H24O. The first-order valence-electron chi connectivity index (χ1n) is 6.90. The van der Waals surface area contributed by atoms with E-state index < -0.39 is 0 Å². The third-order valence-corrected chi connectivity index (χ3v) is 4.08. The Morgan fingerprint density at radius 2 is 1.40 bits per heavy atom. The third kappa shape index (κ3) is 3.62. The van der Waals surface area contributed by atoms with Gasteiger partial charge in [-0.25, -0.2) is 0 Å². The van der Waals surface area contributed by atoms with Crippen LogP contribution in [0.4, 0.5) is 0 Å². The number of fused-ring (bicyclic) bond motifs is 1. The largest absolute Gasteiger partial charge is 0.299 e. The highest BCUT2D eigenvalue weighted by atomic mass is 16.1. The molecular weight excluding hydrogens is 184 g/mol. The van der Waals surface area contributed by atoms with E-state index in [4.69, 9.17) is 0 Å². The highest BCUT2D eigenvalue weighted by molar-refractivity contribution is 5.83. The van der Waals surface area contributed by atoms with Crippen molar-refractivity contribution in [2.45, 2.75) is 70.6 Å². The van der Waals surface area contributed by atoms with Crippen molar-refractivity contribution in [3.63, 3.8) is 0 Å². The first-order chi connectivity index (χ1) is 7.38. The number of hydrogen-bond acceptors (Lipinski definition) is 1. The molecule has 1 nitrogen and oxygen atoms in total. The van der Waals surface area contributed by atoms with Crippen LogP contribution in [-0.4, -0.2) is 5.78 Å². The molecule has 2 aliphatic carbocycles. The van der Waals surface area contributed by atoms with Crippen molar-refractivity contribution in [1.29, 1.82) is 0 Å². The lowest BCUT2D eigenvalue weighted by Crippen LogP contribution is -2.02. The van der Waals surface area contributed by atoms with Crippen molar-refractivity contribution in [2.75, 3.05) is 0 Å². The number of rotatable bonds is 0. The van der Waals surface area contributed by atoms with Gasteiger partial charge in [-0.15, -0.1) is 0 Å². The Kier molecular flexibility index (Phi) is 4.22. The molecule has 2 aliphatic rings. The first-order valence-corrected chi connectivity index (χ1v) is 6.90. The molecule has 86 valence electrons. The highest BCUT2D eigenvalue weighted by Gasteiger charge is 2.40. The number of hydrogen-bond donors (Lipinski definition) is 0. The Morgan fingerprint density at radius 1 is 0.800 bits per heavy atom. The zero-order chi connectivity index (χ0) is 10.5. The molecule has 0 unspecified atom stereocenters. The summed E-state index contributed by atoms with van der Waals surface area (Å²) in [4.78, 5) is 11.8. The normalized spacial score (nSPS) is 34.5. The van der Waals surface area contributed by atoms with Crippen LogP contribution in [0.1, 0.15) is 70.6 Å². The van der Waals surface area contributed by atoms with Gasteiger partial charge in [0.15, 0.2) is 0 Å². The van der Waals surface area contributed by atoms with Gasteiger partial charge in [0.1, 0.15) is 5.78 Å². The molecule has 0 amide bonds. The molecule has 2 saturated carbocycles. The molecule has 0 radical (unpaired) electrons. The molecule has 0 aromatic carbocycles. The maximum absolute atomic E-state index is 11.8. The molecule has 2 atom stereocenters. The number of carbonyl (C=O) groups excluding carboxylic acids is 1. The van der Waals surface area contributed by atoms with Gasteiger partial charge in [0.25, 0.3) is 0 Å². The molecule has 0 aliphatic heterocycles. The van der Waals surface area contributed by atoms with E-state index in [-0.39, 0.29) is 0 Å². The standard InChI is InChI=1S/C14H24O/c15-14-10-8-6-4-2-1-3-5-7-9-12-11-13(12)14/h12-13H,1-11H2/t12-,13-/m1/s1. The average molecular weight is 208 g/mol. The molecule has 0 bridgehead atoms. The lowest BCUT2D eigenvalue weighted by atomic mass is 10.1. The van der Waals surface area contributed by atoms with E-state index >= 15 is 0 Å². The topological polar surface area (TPSA) is 17.1 Å². The summed E-state index contributed by atoms with van der Waals surface area (Å²) in [5, 5.41) is 0. The van der Waals surface area contributed by atoms with E-state index in [1.54, 1.807) is 0 Å². The van der Waals surface area contributed by atoms with Crippen molar-refractivity contribution in [1.82, 2.24) is 0 Å². The minimum absolute atomic E-state index is 0.491. The van der Waals surface area contributed by atoms with E-state index in [1.165, 1.54) is 57.8 Å². The lowest BCUT2D eigenvalue weighted by Gasteiger charge is -2.00. The Morgan fingerprint density at radius 3 is 2.13 bits per heavy atom. The Hall–Kier alpha value is -0.330. The molecule has 0 N–H and O–H groups in total. The summed E-state index contributed by atoms with van der Waals surface area (Å²) in [6.07, 6.45) is 14.2. The molecule has 0 aromatic heterocycles. The predicted octanol–water partition coefficient (Wildman–Crippen LogP) is 4.11. The maximum Gasteiger partial charge on any atom is 0.136 e. The van der Waals surface area contributed by atoms with Gasteiger partial charge in [0, 0.05) is 12.3 Å². The first kappa shape index (κ1) is 11.2. The summed E-state index contributed by atoms with van der Waals surface area (Å²) in [5.41, 5.74) is 0. The predicted molar refractivity (Wildman–Crippen MR) is 62.8 cm³/mol. The zero-order valence-electron chi connectivity index (χ0n) is 9.84. The minimum atomic E-state index is 0.491. The van der Waals surface area contributed by atoms with E-state index in [9.17, 15) is 4.79 Å². The van der Waals surface area contributed by atoms with E-state index in [1.807, 2.05) is 0 Å². The van der Waals surface area contributed by atoms with Gasteiger partial charge in [-0.05, 0) is 25.2 Å². The monoisotopic (exact) mass is 208 g/mol. The Balaban J connectivity index is 1.74. The molecule has 0 spiro atoms. The third-order valence-electron chi connectivity index (χ3n) is 4.08. The van der Waals surface area contributed by atoms with Crippen LogP contribution in [0, 0.1) is 11.8 Å². The molecule has 0 heterocycles. The summed E-state index contributed by atoms with van der Waals surface area (Å²) >= 11 is 0. The van der Waals surface area contributed by atoms with Crippen molar-refractivity contribution >= 4 is 5.78 Å². The maximum atomic E-state index is 11.8. The fourth-order valence-electron chi connectivity index (χ4n) is 2.91. The van der Waals surface area contributed by atoms with E-state index in [2.05, 4.69) is 0 Å². The van der Waals surface area contributed by atoms with Crippen LogP contribution in [0.25, 0.3) is 0 Å². The Bertz CT molecular complexity index is 209. The van der Waals surface area contributed by atoms with Gasteiger partial charge < -0.3 is 0 Å². The highest BCUT2D eigenvalue weighted by Crippen LogP contribution is 2.44. The molecule has 2 fully saturated rings. The SMILES string of the molecule is O=C1CCCCCCCCCC[C@@H]2C[C@@H]12. The second kappa shape index (κ2) is 5.67. The van der Waals surface area contributed by atoms with Crippen molar-refractivity contribution < 1.29 is 4.79 Å². The van der Waals surface area contributed by atoms with Crippen LogP contribution in [0.15, 0.2) is 0 Å². The van der Waals surface area contributed by atoms with Crippen LogP contribution in [0.2, 0.25) is 0 Å². The fourth-order valence-corrected chi connectivity index (χ4v) is 2.91. The van der Waals surface area contributed by atoms with E-state index in [0.717, 1.165) is 18.8 Å². The average Bonchev–Trinajstić information content (AvgIpc) is 2.99. The van der Waals surface area contributed by atoms with Crippen LogP contribution >= 0.6 is 0 Å². The number of Topliss-reactive ketones (excluding diaryl/α,β-unsaturated/α-hetero) is 1. The van der Waals surface area contributed by atoms with Gasteiger partial charge in [-0.3, -0.25) is 4.79 Å². The smallest absolute Gasteiger partial charge is 0.136 e. The fraction of sp³-hybridized carbons (Fsp3) is 0.929. The molecule has 15 heavy (non-hydrogen) atoms. The quantitative estimate of drug-likeness (QED) is 0.585. The summed E-state index contributed by atoms with van der Waals surface area (Å²) in [5.74, 6) is 1.86. The molecule has 2 rings (SSSR count). The van der Waals surface area contributed by atoms with Gasteiger partial charge in [-0.1, -0.05) is 44.9 Å². The van der Waals surface area contributed by atoms with Crippen molar-refractivity contribution in [3.8, 4) is 0 Å². The van der Waals surface area contributed by atoms with Crippen LogP contribution in [0.3, 0.4) is 0 Å². The van der Waals surface area contributed by atoms with Crippen LogP contribution < -0.4 is 0 Å². The summed E-state index contributed by atoms with van der Waals surface area (Å²) in [6, 6.07) is 0. The summed E-state index contributed by atoms with van der Waals surface area (Å²) < 4.78 is 0. The summed E-state index contributed by atoms with van der Waals surface area (Å²) in [7, 11) is 0. The van der Waals surface area contributed by atoms with Crippen molar-refractivity contribution in [2.24, 2.45) is 11.8 Å². The second-order valence-corrected chi connectivity index (χ2v) is 5.44. The van der Waals surface area contributed by atoms with Gasteiger partial charge in [0.2, 0.25) is 0 Å². The summed E-state index contributed by atoms with van der Waals surface area (Å²) in [6.45, 7) is 0. The van der Waals surface area contributed by atoms with Crippen LogP contribution in [-0.2, 0) is 4.79 Å². The molecule has 1 heteroatoms. The lowest BCUT2D eigenvalue weighted by molar-refractivity contribution is -0.120. The number of ketones is 1. The van der Waals surface area contributed by atoms with E-state index in [0.29, 0.717) is 11.7 Å². The second-order valence-electron chi connectivity index (χ2n) is 5.44. The van der Waals surface area contributed by atoms with Crippen LogP contribution in [0.5, 0.6) is 0 Å². The minimum Gasteiger partial charge on any atom is -0.299 e. The Labute approximate surface area is 93.6 Å².